The largest absolute Gasteiger partial charge is 0.464 e. The molecule has 0 radical (unpaired) electrons. The van der Waals surface area contributed by atoms with Gasteiger partial charge >= 0.3 is 5.97 Å². The molecule has 9 nitrogen and oxygen atoms in total. The van der Waals surface area contributed by atoms with E-state index in [1.165, 1.54) is 13.4 Å². The van der Waals surface area contributed by atoms with Gasteiger partial charge in [-0.3, -0.25) is 4.79 Å². The van der Waals surface area contributed by atoms with Crippen LogP contribution in [0.15, 0.2) is 84.4 Å². The summed E-state index contributed by atoms with van der Waals surface area (Å²) in [6.07, 6.45) is 4.75. The third-order valence-corrected chi connectivity index (χ3v) is 9.15. The fourth-order valence-electron chi connectivity index (χ4n) is 4.27. The number of ketones is 1. The Bertz CT molecular complexity index is 1700. The molecule has 0 aliphatic rings. The number of aliphatic imine (C=N–C) groups is 1. The minimum absolute atomic E-state index is 0.0233. The fourth-order valence-corrected chi connectivity index (χ4v) is 5.91. The van der Waals surface area contributed by atoms with Crippen LogP contribution in [0.25, 0.3) is 11.0 Å². The highest BCUT2D eigenvalue weighted by Gasteiger charge is 2.26. The zero-order chi connectivity index (χ0) is 29.7. The fraction of sp³-hybridized carbons (Fsp3) is 0.226. The van der Waals surface area contributed by atoms with Gasteiger partial charge in [-0.15, -0.1) is 0 Å². The summed E-state index contributed by atoms with van der Waals surface area (Å²) >= 11 is 1.04. The van der Waals surface area contributed by atoms with Crippen LogP contribution in [0.3, 0.4) is 0 Å². The smallest absolute Gasteiger partial charge is 0.359 e. The average molecular weight is 598 g/mol. The Morgan fingerprint density at radius 1 is 1.00 bits per heavy atom. The molecule has 0 spiro atoms. The van der Waals surface area contributed by atoms with Crippen molar-refractivity contribution in [3.63, 3.8) is 0 Å². The van der Waals surface area contributed by atoms with E-state index in [1.807, 2.05) is 60.7 Å². The molecule has 0 atom stereocenters. The minimum Gasteiger partial charge on any atom is -0.464 e. The lowest BCUT2D eigenvalue weighted by atomic mass is 10.0. The van der Waals surface area contributed by atoms with Gasteiger partial charge in [-0.25, -0.2) is 24.7 Å². The molecule has 0 N–H and O–H groups in total. The average Bonchev–Trinajstić information content (AvgIpc) is 3.60. The highest BCUT2D eigenvalue weighted by Crippen LogP contribution is 2.33. The van der Waals surface area contributed by atoms with Gasteiger partial charge in [-0.2, -0.15) is 0 Å². The number of benzene rings is 2. The monoisotopic (exact) mass is 597 g/mol. The molecule has 0 aliphatic carbocycles. The summed E-state index contributed by atoms with van der Waals surface area (Å²) in [5.74, 6) is -1.04. The second-order valence-corrected chi connectivity index (χ2v) is 17.4. The number of thiazole rings is 1. The number of nitrogens with zero attached hydrogens (tertiary/aromatic N) is 5. The Morgan fingerprint density at radius 3 is 2.29 bits per heavy atom. The van der Waals surface area contributed by atoms with E-state index in [4.69, 9.17) is 14.5 Å². The van der Waals surface area contributed by atoms with Crippen molar-refractivity contribution in [2.45, 2.75) is 32.4 Å². The van der Waals surface area contributed by atoms with Crippen LogP contribution in [-0.2, 0) is 16.2 Å². The van der Waals surface area contributed by atoms with Crippen LogP contribution in [0.1, 0.15) is 37.0 Å². The van der Waals surface area contributed by atoms with Gasteiger partial charge in [-0.1, -0.05) is 91.6 Å². The second kappa shape index (κ2) is 12.7. The topological polar surface area (TPSA) is 109 Å². The number of aromatic nitrogens is 4. The van der Waals surface area contributed by atoms with Crippen molar-refractivity contribution in [2.24, 2.45) is 4.99 Å². The van der Waals surface area contributed by atoms with Crippen LogP contribution in [-0.4, -0.2) is 58.8 Å². The number of rotatable bonds is 11. The molecule has 42 heavy (non-hydrogen) atoms. The quantitative estimate of drug-likeness (QED) is 0.0571. The van der Waals surface area contributed by atoms with Gasteiger partial charge in [0.25, 0.3) is 0 Å². The summed E-state index contributed by atoms with van der Waals surface area (Å²) in [5, 5.41) is 0.963. The lowest BCUT2D eigenvalue weighted by molar-refractivity contribution is 0.0596. The van der Waals surface area contributed by atoms with Crippen molar-refractivity contribution in [3.8, 4) is 0 Å². The Hall–Kier alpha value is -4.32. The van der Waals surface area contributed by atoms with Crippen LogP contribution in [0, 0.1) is 0 Å². The molecule has 11 heteroatoms. The second-order valence-electron chi connectivity index (χ2n) is 10.8. The number of methoxy groups -OCH3 is 1. The first-order valence-corrected chi connectivity index (χ1v) is 18.0. The highest BCUT2D eigenvalue weighted by molar-refractivity contribution is 7.17. The molecular formula is C31H31N5O4SSi. The van der Waals surface area contributed by atoms with Gasteiger partial charge in [0.2, 0.25) is 5.78 Å². The van der Waals surface area contributed by atoms with Crippen LogP contribution in [0.2, 0.25) is 25.7 Å². The predicted octanol–water partition coefficient (Wildman–Crippen LogP) is 6.39. The molecule has 0 saturated carbocycles. The number of ether oxygens (including phenoxy) is 2. The molecule has 0 amide bonds. The SMILES string of the molecule is COC(=O)c1nc(C(=O)c2cn(COCC[Si](C)(C)C)c3ncncc23)sc1N=C(c1ccccc1)c1ccccc1. The van der Waals surface area contributed by atoms with E-state index in [0.717, 1.165) is 28.5 Å². The van der Waals surface area contributed by atoms with Crippen molar-refractivity contribution in [2.75, 3.05) is 13.7 Å². The third kappa shape index (κ3) is 6.59. The van der Waals surface area contributed by atoms with Gasteiger partial charge < -0.3 is 14.0 Å². The standard InChI is InChI=1S/C31H31N5O4SSi/c1-39-31(38)26-29(34-25(21-11-7-5-8-12-21)22-13-9-6-10-14-22)41-30(35-26)27(37)24-18-36(20-40-15-16-42(2,3)4)28-23(24)17-32-19-33-28/h5-14,17-19H,15-16,20H2,1-4H3. The summed E-state index contributed by atoms with van der Waals surface area (Å²) in [6.45, 7) is 7.77. The van der Waals surface area contributed by atoms with Gasteiger partial charge in [0.1, 0.15) is 18.7 Å². The van der Waals surface area contributed by atoms with Crippen molar-refractivity contribution >= 4 is 52.9 Å². The molecular weight excluding hydrogens is 567 g/mol. The third-order valence-electron chi connectivity index (χ3n) is 6.50. The zero-order valence-electron chi connectivity index (χ0n) is 23.9. The van der Waals surface area contributed by atoms with Crippen LogP contribution >= 0.6 is 11.3 Å². The first kappa shape index (κ1) is 29.2. The summed E-state index contributed by atoms with van der Waals surface area (Å²) < 4.78 is 12.7. The molecule has 0 bridgehead atoms. The van der Waals surface area contributed by atoms with E-state index < -0.39 is 14.0 Å². The Labute approximate surface area is 248 Å². The van der Waals surface area contributed by atoms with E-state index in [1.54, 1.807) is 17.0 Å². The summed E-state index contributed by atoms with van der Waals surface area (Å²) in [7, 11) is 0.0307. The molecule has 214 valence electrons. The number of esters is 1. The Balaban J connectivity index is 1.54. The van der Waals surface area contributed by atoms with Crippen molar-refractivity contribution in [3.05, 3.63) is 107 Å². The van der Waals surface area contributed by atoms with Crippen LogP contribution in [0.4, 0.5) is 5.00 Å². The zero-order valence-corrected chi connectivity index (χ0v) is 25.7. The van der Waals surface area contributed by atoms with Crippen molar-refractivity contribution < 1.29 is 19.1 Å². The maximum Gasteiger partial charge on any atom is 0.359 e. The number of fused-ring (bicyclic) bond motifs is 1. The predicted molar refractivity (Wildman–Crippen MR) is 167 cm³/mol. The number of carbonyl (C=O) groups is 2. The van der Waals surface area contributed by atoms with E-state index in [2.05, 4.69) is 34.6 Å². The highest BCUT2D eigenvalue weighted by atomic mass is 32.1. The Morgan fingerprint density at radius 2 is 1.67 bits per heavy atom. The van der Waals surface area contributed by atoms with Gasteiger partial charge in [0.15, 0.2) is 15.7 Å². The summed E-state index contributed by atoms with van der Waals surface area (Å²) in [4.78, 5) is 44.5. The number of carbonyl (C=O) groups excluding carboxylic acids is 2. The van der Waals surface area contributed by atoms with E-state index in [9.17, 15) is 9.59 Å². The van der Waals surface area contributed by atoms with Crippen molar-refractivity contribution in [1.82, 2.24) is 19.5 Å². The van der Waals surface area contributed by atoms with Gasteiger partial charge in [0, 0.05) is 43.6 Å². The first-order valence-electron chi connectivity index (χ1n) is 13.4. The molecule has 3 aromatic heterocycles. The molecule has 0 unspecified atom stereocenters. The van der Waals surface area contributed by atoms with Gasteiger partial charge in [-0.05, 0) is 6.04 Å². The maximum atomic E-state index is 13.9. The van der Waals surface area contributed by atoms with Gasteiger partial charge in [0.05, 0.1) is 18.4 Å². The summed E-state index contributed by atoms with van der Waals surface area (Å²) in [5.41, 5.74) is 3.28. The normalized spacial score (nSPS) is 11.4. The van der Waals surface area contributed by atoms with Crippen molar-refractivity contribution in [1.29, 1.82) is 0 Å². The van der Waals surface area contributed by atoms with E-state index in [0.29, 0.717) is 28.9 Å². The molecule has 5 rings (SSSR count). The minimum atomic E-state index is -1.25. The van der Waals surface area contributed by atoms with E-state index in [-0.39, 0.29) is 28.2 Å². The van der Waals surface area contributed by atoms with Crippen LogP contribution in [0.5, 0.6) is 0 Å². The lowest BCUT2D eigenvalue weighted by Crippen LogP contribution is -2.22. The molecule has 3 heterocycles. The first-order chi connectivity index (χ1) is 20.2. The lowest BCUT2D eigenvalue weighted by Gasteiger charge is -2.15. The number of hydrogen-bond acceptors (Lipinski definition) is 9. The Kier molecular flexibility index (Phi) is 8.81. The van der Waals surface area contributed by atoms with E-state index >= 15 is 0 Å². The summed E-state index contributed by atoms with van der Waals surface area (Å²) in [6, 6.07) is 20.3. The molecule has 5 aromatic rings. The number of hydrogen-bond donors (Lipinski definition) is 0. The molecule has 0 saturated heterocycles. The molecule has 0 fully saturated rings. The maximum absolute atomic E-state index is 13.9. The molecule has 0 aliphatic heterocycles. The van der Waals surface area contributed by atoms with Crippen LogP contribution < -0.4 is 0 Å². The molecule has 2 aromatic carbocycles.